The van der Waals surface area contributed by atoms with Crippen LogP contribution in [0.2, 0.25) is 5.02 Å². The molecule has 0 aliphatic rings. The standard InChI is InChI=1S/C20H21ClN4O2S/c1-3-14-5-4-6-15(10-14)22-19(26)12-28-20-23-18(24-25-20)11-27-16-7-8-17(21)13(2)9-16/h4-10H,3,11-12H2,1-2H3,(H,22,26)(H,23,24,25). The van der Waals surface area contributed by atoms with Crippen molar-refractivity contribution < 1.29 is 9.53 Å². The van der Waals surface area contributed by atoms with Crippen molar-refractivity contribution in [2.24, 2.45) is 0 Å². The number of aryl methyl sites for hydroxylation is 2. The van der Waals surface area contributed by atoms with E-state index in [-0.39, 0.29) is 18.3 Å². The van der Waals surface area contributed by atoms with E-state index in [4.69, 9.17) is 16.3 Å². The topological polar surface area (TPSA) is 79.9 Å². The molecule has 3 aromatic rings. The predicted octanol–water partition coefficient (Wildman–Crippen LogP) is 4.64. The van der Waals surface area contributed by atoms with Gasteiger partial charge in [-0.25, -0.2) is 4.98 Å². The van der Waals surface area contributed by atoms with Gasteiger partial charge in [-0.1, -0.05) is 42.4 Å². The Bertz CT molecular complexity index is 961. The molecule has 1 aromatic heterocycles. The summed E-state index contributed by atoms with van der Waals surface area (Å²) >= 11 is 7.27. The molecule has 2 aromatic carbocycles. The van der Waals surface area contributed by atoms with Gasteiger partial charge in [-0.2, -0.15) is 0 Å². The Kier molecular flexibility index (Phi) is 6.95. The molecule has 0 aliphatic carbocycles. The highest BCUT2D eigenvalue weighted by molar-refractivity contribution is 7.99. The maximum atomic E-state index is 12.1. The fraction of sp³-hybridized carbons (Fsp3) is 0.250. The van der Waals surface area contributed by atoms with Gasteiger partial charge >= 0.3 is 0 Å². The van der Waals surface area contributed by atoms with Gasteiger partial charge in [-0.05, 0) is 54.8 Å². The minimum Gasteiger partial charge on any atom is -0.486 e. The van der Waals surface area contributed by atoms with E-state index in [9.17, 15) is 4.79 Å². The summed E-state index contributed by atoms with van der Waals surface area (Å²) in [7, 11) is 0. The van der Waals surface area contributed by atoms with Gasteiger partial charge in [0.25, 0.3) is 0 Å². The van der Waals surface area contributed by atoms with Crippen LogP contribution in [0.15, 0.2) is 47.6 Å². The van der Waals surface area contributed by atoms with Crippen LogP contribution >= 0.6 is 23.4 Å². The highest BCUT2D eigenvalue weighted by atomic mass is 35.5. The molecule has 3 rings (SSSR count). The number of ether oxygens (including phenoxy) is 1. The van der Waals surface area contributed by atoms with E-state index in [1.54, 1.807) is 12.1 Å². The first-order valence-electron chi connectivity index (χ1n) is 8.85. The molecule has 146 valence electrons. The Hall–Kier alpha value is -2.51. The van der Waals surface area contributed by atoms with Gasteiger partial charge in [-0.3, -0.25) is 9.89 Å². The second-order valence-electron chi connectivity index (χ2n) is 6.16. The lowest BCUT2D eigenvalue weighted by atomic mass is 10.1. The molecule has 0 saturated heterocycles. The Labute approximate surface area is 173 Å². The van der Waals surface area contributed by atoms with Gasteiger partial charge in [-0.15, -0.1) is 5.10 Å². The molecule has 6 nitrogen and oxygen atoms in total. The van der Waals surface area contributed by atoms with E-state index < -0.39 is 0 Å². The number of hydrogen-bond donors (Lipinski definition) is 2. The monoisotopic (exact) mass is 416 g/mol. The number of anilines is 1. The predicted molar refractivity (Wildman–Crippen MR) is 112 cm³/mol. The first kappa shape index (κ1) is 20.2. The van der Waals surface area contributed by atoms with Crippen molar-refractivity contribution in [1.82, 2.24) is 15.2 Å². The second kappa shape index (κ2) is 9.61. The number of carbonyl (C=O) groups excluding carboxylic acids is 1. The van der Waals surface area contributed by atoms with Crippen LogP contribution in [0.3, 0.4) is 0 Å². The number of rotatable bonds is 8. The van der Waals surface area contributed by atoms with Crippen molar-refractivity contribution in [3.63, 3.8) is 0 Å². The molecule has 0 unspecified atom stereocenters. The zero-order valence-corrected chi connectivity index (χ0v) is 17.2. The number of halogens is 1. The first-order chi connectivity index (χ1) is 13.5. The van der Waals surface area contributed by atoms with Crippen molar-refractivity contribution in [2.45, 2.75) is 32.0 Å². The van der Waals surface area contributed by atoms with Gasteiger partial charge in [0.1, 0.15) is 12.4 Å². The lowest BCUT2D eigenvalue weighted by molar-refractivity contribution is -0.113. The number of H-pyrrole nitrogens is 1. The van der Waals surface area contributed by atoms with Crippen molar-refractivity contribution in [1.29, 1.82) is 0 Å². The molecular formula is C20H21ClN4O2S. The van der Waals surface area contributed by atoms with E-state index in [1.165, 1.54) is 17.3 Å². The third-order valence-electron chi connectivity index (χ3n) is 3.97. The van der Waals surface area contributed by atoms with Crippen LogP contribution in [0.4, 0.5) is 5.69 Å². The third-order valence-corrected chi connectivity index (χ3v) is 5.24. The second-order valence-corrected chi connectivity index (χ2v) is 7.50. The minimum absolute atomic E-state index is 0.0995. The smallest absolute Gasteiger partial charge is 0.234 e. The van der Waals surface area contributed by atoms with Crippen molar-refractivity contribution in [3.05, 3.63) is 64.4 Å². The third kappa shape index (κ3) is 5.74. The molecule has 0 spiro atoms. The van der Waals surface area contributed by atoms with E-state index in [0.29, 0.717) is 21.8 Å². The van der Waals surface area contributed by atoms with Crippen molar-refractivity contribution in [3.8, 4) is 5.75 Å². The number of hydrogen-bond acceptors (Lipinski definition) is 5. The summed E-state index contributed by atoms with van der Waals surface area (Å²) in [6, 6.07) is 13.3. The van der Waals surface area contributed by atoms with Gasteiger partial charge in [0.15, 0.2) is 5.82 Å². The molecule has 8 heteroatoms. The fourth-order valence-corrected chi connectivity index (χ4v) is 3.20. The Morgan fingerprint density at radius 2 is 2.14 bits per heavy atom. The van der Waals surface area contributed by atoms with Crippen LogP contribution in [0, 0.1) is 6.92 Å². The summed E-state index contributed by atoms with van der Waals surface area (Å²) in [6.07, 6.45) is 0.927. The van der Waals surface area contributed by atoms with E-state index in [2.05, 4.69) is 27.4 Å². The Morgan fingerprint density at radius 3 is 2.93 bits per heavy atom. The number of benzene rings is 2. The van der Waals surface area contributed by atoms with E-state index >= 15 is 0 Å². The average Bonchev–Trinajstić information content (AvgIpc) is 3.15. The molecule has 0 atom stereocenters. The normalized spacial score (nSPS) is 10.7. The molecule has 28 heavy (non-hydrogen) atoms. The summed E-state index contributed by atoms with van der Waals surface area (Å²) < 4.78 is 5.69. The van der Waals surface area contributed by atoms with Crippen LogP contribution in [0.1, 0.15) is 23.9 Å². The number of carbonyl (C=O) groups is 1. The van der Waals surface area contributed by atoms with Crippen LogP contribution in [0.5, 0.6) is 5.75 Å². The van der Waals surface area contributed by atoms with Crippen molar-refractivity contribution in [2.75, 3.05) is 11.1 Å². The number of nitrogens with zero attached hydrogens (tertiary/aromatic N) is 2. The molecule has 0 fully saturated rings. The summed E-state index contributed by atoms with van der Waals surface area (Å²) in [5.41, 5.74) is 2.93. The molecule has 1 heterocycles. The Balaban J connectivity index is 1.47. The molecule has 0 aliphatic heterocycles. The number of nitrogens with one attached hydrogen (secondary N) is 2. The maximum absolute atomic E-state index is 12.1. The lowest BCUT2D eigenvalue weighted by Gasteiger charge is -2.06. The van der Waals surface area contributed by atoms with Crippen LogP contribution < -0.4 is 10.1 Å². The Morgan fingerprint density at radius 1 is 1.29 bits per heavy atom. The lowest BCUT2D eigenvalue weighted by Crippen LogP contribution is -2.14. The fourth-order valence-electron chi connectivity index (χ4n) is 2.46. The molecule has 2 N–H and O–H groups in total. The van der Waals surface area contributed by atoms with Gasteiger partial charge < -0.3 is 10.1 Å². The number of aromatic nitrogens is 3. The molecular weight excluding hydrogens is 396 g/mol. The minimum atomic E-state index is -0.0995. The quantitative estimate of drug-likeness (QED) is 0.523. The SMILES string of the molecule is CCc1cccc(NC(=O)CSc2n[nH]c(COc3ccc(Cl)c(C)c3)n2)c1. The summed E-state index contributed by atoms with van der Waals surface area (Å²) in [5.74, 6) is 1.43. The summed E-state index contributed by atoms with van der Waals surface area (Å²) in [5, 5.41) is 11.0. The summed E-state index contributed by atoms with van der Waals surface area (Å²) in [4.78, 5) is 16.5. The number of amides is 1. The van der Waals surface area contributed by atoms with Crippen LogP contribution in [-0.4, -0.2) is 26.8 Å². The number of aromatic amines is 1. The van der Waals surface area contributed by atoms with Crippen LogP contribution in [0.25, 0.3) is 0 Å². The number of thioether (sulfide) groups is 1. The average molecular weight is 417 g/mol. The first-order valence-corrected chi connectivity index (χ1v) is 10.2. The van der Waals surface area contributed by atoms with E-state index in [1.807, 2.05) is 37.3 Å². The van der Waals surface area contributed by atoms with Gasteiger partial charge in [0, 0.05) is 10.7 Å². The zero-order valence-electron chi connectivity index (χ0n) is 15.7. The van der Waals surface area contributed by atoms with E-state index in [0.717, 1.165) is 17.7 Å². The van der Waals surface area contributed by atoms with Gasteiger partial charge in [0.2, 0.25) is 11.1 Å². The highest BCUT2D eigenvalue weighted by Crippen LogP contribution is 2.22. The highest BCUT2D eigenvalue weighted by Gasteiger charge is 2.09. The summed E-state index contributed by atoms with van der Waals surface area (Å²) in [6.45, 7) is 4.25. The maximum Gasteiger partial charge on any atom is 0.234 e. The molecule has 0 radical (unpaired) electrons. The van der Waals surface area contributed by atoms with Crippen molar-refractivity contribution >= 4 is 35.0 Å². The van der Waals surface area contributed by atoms with Crippen LogP contribution in [-0.2, 0) is 17.8 Å². The zero-order chi connectivity index (χ0) is 19.9. The molecule has 1 amide bonds. The molecule has 0 bridgehead atoms. The molecule has 0 saturated carbocycles. The largest absolute Gasteiger partial charge is 0.486 e. The van der Waals surface area contributed by atoms with Gasteiger partial charge in [0.05, 0.1) is 5.75 Å².